The van der Waals surface area contributed by atoms with Gasteiger partial charge in [0.1, 0.15) is 0 Å². The monoisotopic (exact) mass is 533 g/mol. The Morgan fingerprint density at radius 2 is 0.795 bits per heavy atom. The lowest BCUT2D eigenvalue weighted by atomic mass is 9.63. The largest absolute Gasteiger partial charge is 0.0617 e. The van der Waals surface area contributed by atoms with Crippen molar-refractivity contribution in [3.63, 3.8) is 0 Å². The molecule has 0 saturated heterocycles. The van der Waals surface area contributed by atoms with E-state index in [0.717, 1.165) is 12.8 Å². The molecule has 0 heteroatoms. The van der Waals surface area contributed by atoms with Gasteiger partial charge >= 0.3 is 0 Å². The molecule has 0 aromatic heterocycles. The zero-order valence-electron chi connectivity index (χ0n) is 29.4. The molecule has 220 valence electrons. The molecule has 0 aliphatic carbocycles. The first kappa shape index (κ1) is 33.6. The number of hydrogen-bond donors (Lipinski definition) is 0. The van der Waals surface area contributed by atoms with Crippen molar-refractivity contribution in [2.24, 2.45) is 0 Å². The molecule has 0 N–H and O–H groups in total. The number of benzene rings is 2. The molecule has 39 heavy (non-hydrogen) atoms. The van der Waals surface area contributed by atoms with E-state index in [2.05, 4.69) is 149 Å². The Labute approximate surface area is 244 Å². The fourth-order valence-corrected chi connectivity index (χ4v) is 6.63. The molecule has 0 nitrogen and oxygen atoms in total. The molecule has 0 radical (unpaired) electrons. The van der Waals surface area contributed by atoms with Crippen LogP contribution in [0.2, 0.25) is 0 Å². The quantitative estimate of drug-likeness (QED) is 0.367. The maximum Gasteiger partial charge on any atom is -0.0126 e. The lowest BCUT2D eigenvalue weighted by molar-refractivity contribution is 0.472. The third-order valence-corrected chi connectivity index (χ3v) is 8.13. The van der Waals surface area contributed by atoms with E-state index in [1.54, 1.807) is 27.8 Å². The highest BCUT2D eigenvalue weighted by Crippen LogP contribution is 2.47. The maximum atomic E-state index is 2.62. The molecular formula is C39H64. The van der Waals surface area contributed by atoms with Crippen molar-refractivity contribution in [1.29, 1.82) is 0 Å². The second kappa shape index (κ2) is 10.7. The first-order chi connectivity index (χ1) is 17.2. The predicted octanol–water partition coefficient (Wildman–Crippen LogP) is 11.6. The maximum absolute atomic E-state index is 2.62. The normalized spacial score (nSPS) is 14.2. The molecule has 2 rings (SSSR count). The highest BCUT2D eigenvalue weighted by atomic mass is 14.4. The van der Waals surface area contributed by atoms with E-state index in [1.165, 1.54) is 23.1 Å². The van der Waals surface area contributed by atoms with E-state index in [1.807, 2.05) is 0 Å². The molecule has 0 aliphatic rings. The molecule has 0 unspecified atom stereocenters. The van der Waals surface area contributed by atoms with Crippen molar-refractivity contribution in [1.82, 2.24) is 0 Å². The van der Waals surface area contributed by atoms with Crippen LogP contribution in [0.25, 0.3) is 0 Å². The lowest BCUT2D eigenvalue weighted by Crippen LogP contribution is -2.33. The fraction of sp³-hybridized carbons (Fsp3) is 0.692. The van der Waals surface area contributed by atoms with Gasteiger partial charge in [0.2, 0.25) is 0 Å². The van der Waals surface area contributed by atoms with E-state index in [-0.39, 0.29) is 32.5 Å². The average Bonchev–Trinajstić information content (AvgIpc) is 2.68. The van der Waals surface area contributed by atoms with Gasteiger partial charge in [-0.1, -0.05) is 149 Å². The summed E-state index contributed by atoms with van der Waals surface area (Å²) < 4.78 is 0. The van der Waals surface area contributed by atoms with Crippen LogP contribution in [0.3, 0.4) is 0 Å². The molecule has 0 spiro atoms. The van der Waals surface area contributed by atoms with Crippen molar-refractivity contribution in [2.45, 2.75) is 176 Å². The van der Waals surface area contributed by atoms with Crippen LogP contribution in [0.15, 0.2) is 24.3 Å². The minimum Gasteiger partial charge on any atom is -0.0617 e. The Kier molecular flexibility index (Phi) is 9.22. The van der Waals surface area contributed by atoms with Crippen molar-refractivity contribution >= 4 is 0 Å². The van der Waals surface area contributed by atoms with Crippen molar-refractivity contribution in [2.75, 3.05) is 0 Å². The first-order valence-corrected chi connectivity index (χ1v) is 15.5. The molecule has 0 bridgehead atoms. The van der Waals surface area contributed by atoms with Crippen molar-refractivity contribution < 1.29 is 0 Å². The number of rotatable bonds is 4. The van der Waals surface area contributed by atoms with Crippen LogP contribution in [0.4, 0.5) is 0 Å². The Bertz CT molecular complexity index is 1110. The molecule has 2 aromatic rings. The summed E-state index contributed by atoms with van der Waals surface area (Å²) in [5.41, 5.74) is 13.1. The summed E-state index contributed by atoms with van der Waals surface area (Å²) >= 11 is 0. The number of aryl methyl sites for hydroxylation is 1. The van der Waals surface area contributed by atoms with Crippen LogP contribution < -0.4 is 0 Å². The van der Waals surface area contributed by atoms with Crippen LogP contribution >= 0.6 is 0 Å². The Hall–Kier alpha value is -1.56. The van der Waals surface area contributed by atoms with Gasteiger partial charge in [-0.2, -0.15) is 0 Å². The molecule has 0 aliphatic heterocycles. The summed E-state index contributed by atoms with van der Waals surface area (Å²) in [5, 5.41) is 0. The van der Waals surface area contributed by atoms with Crippen molar-refractivity contribution in [3.8, 4) is 0 Å². The van der Waals surface area contributed by atoms with Gasteiger partial charge in [0, 0.05) is 0 Å². The topological polar surface area (TPSA) is 0 Å². The van der Waals surface area contributed by atoms with Gasteiger partial charge in [0.15, 0.2) is 0 Å². The highest BCUT2D eigenvalue weighted by Gasteiger charge is 2.37. The number of hydrogen-bond acceptors (Lipinski definition) is 0. The van der Waals surface area contributed by atoms with E-state index in [9.17, 15) is 0 Å². The van der Waals surface area contributed by atoms with Crippen LogP contribution in [-0.4, -0.2) is 0 Å². The van der Waals surface area contributed by atoms with Crippen LogP contribution in [0.1, 0.15) is 176 Å². The summed E-state index contributed by atoms with van der Waals surface area (Å²) in [4.78, 5) is 0. The smallest absolute Gasteiger partial charge is 0.0126 e. The summed E-state index contributed by atoms with van der Waals surface area (Å²) in [7, 11) is 0. The third-order valence-electron chi connectivity index (χ3n) is 8.13. The Balaban J connectivity index is 2.81. The van der Waals surface area contributed by atoms with Gasteiger partial charge in [0.25, 0.3) is 0 Å². The van der Waals surface area contributed by atoms with E-state index < -0.39 is 0 Å². The zero-order valence-corrected chi connectivity index (χ0v) is 29.4. The minimum atomic E-state index is 0.0689. The van der Waals surface area contributed by atoms with Gasteiger partial charge in [0.05, 0.1) is 0 Å². The second-order valence-corrected chi connectivity index (χ2v) is 18.4. The van der Waals surface area contributed by atoms with Gasteiger partial charge in [-0.3, -0.25) is 0 Å². The summed E-state index contributed by atoms with van der Waals surface area (Å²) in [6.45, 7) is 43.2. The van der Waals surface area contributed by atoms with Gasteiger partial charge in [-0.05, 0) is 96.3 Å². The first-order valence-electron chi connectivity index (χ1n) is 15.5. The second-order valence-electron chi connectivity index (χ2n) is 18.4. The standard InChI is InChI=1S/C39H64/c1-34(2,3)28-23-20-24-29(35(4,5)6)27(28)22-19-21-26-25-30(36(7,8)9)32(38(13,14)15)33(39(16,17)18)31(26)37(10,11)12/h20,23-25H,19,21-22H2,1-18H3. The van der Waals surface area contributed by atoms with Crippen LogP contribution in [0.5, 0.6) is 0 Å². The van der Waals surface area contributed by atoms with Crippen molar-refractivity contribution in [3.05, 3.63) is 68.8 Å². The van der Waals surface area contributed by atoms with Gasteiger partial charge < -0.3 is 0 Å². The lowest BCUT2D eigenvalue weighted by Gasteiger charge is -2.42. The van der Waals surface area contributed by atoms with Crippen LogP contribution in [-0.2, 0) is 45.3 Å². The van der Waals surface area contributed by atoms with E-state index in [4.69, 9.17) is 0 Å². The Morgan fingerprint density at radius 1 is 0.410 bits per heavy atom. The molecule has 0 heterocycles. The van der Waals surface area contributed by atoms with Gasteiger partial charge in [-0.25, -0.2) is 0 Å². The molecule has 0 amide bonds. The minimum absolute atomic E-state index is 0.0689. The molecule has 2 aromatic carbocycles. The third kappa shape index (κ3) is 7.80. The Morgan fingerprint density at radius 3 is 1.13 bits per heavy atom. The predicted molar refractivity (Wildman–Crippen MR) is 177 cm³/mol. The molecule has 0 fully saturated rings. The van der Waals surface area contributed by atoms with E-state index in [0.29, 0.717) is 0 Å². The SMILES string of the molecule is CC(C)(C)c1cccc(C(C)(C)C)c1CCCc1cc(C(C)(C)C)c(C(C)(C)C)c(C(C)(C)C)c1C(C)(C)C. The summed E-state index contributed by atoms with van der Waals surface area (Å²) in [6.07, 6.45) is 3.41. The average molecular weight is 533 g/mol. The van der Waals surface area contributed by atoms with Crippen LogP contribution in [0, 0.1) is 0 Å². The highest BCUT2D eigenvalue weighted by molar-refractivity contribution is 5.56. The fourth-order valence-electron chi connectivity index (χ4n) is 6.63. The zero-order chi connectivity index (χ0) is 30.6. The van der Waals surface area contributed by atoms with E-state index >= 15 is 0 Å². The summed E-state index contributed by atoms with van der Waals surface area (Å²) in [6, 6.07) is 9.65. The molecule has 0 saturated carbocycles. The summed E-state index contributed by atoms with van der Waals surface area (Å²) in [5.74, 6) is 0. The molecular weight excluding hydrogens is 468 g/mol. The van der Waals surface area contributed by atoms with Gasteiger partial charge in [-0.15, -0.1) is 0 Å². The molecule has 0 atom stereocenters.